The fourth-order valence-corrected chi connectivity index (χ4v) is 5.18. The van der Waals surface area contributed by atoms with Crippen LogP contribution < -0.4 is 0 Å². The third-order valence-corrected chi connectivity index (χ3v) is 7.63. The Morgan fingerprint density at radius 2 is 1.41 bits per heavy atom. The molecule has 0 spiro atoms. The standard InChI is InChI=1S/C35H58O2/c1-7-8-9-10-11-12-13-14-15-16-17-18-19-25-34(36)37-29-31(3)23-20-22-30(2)26-27-33-32(4)24-21-28-35(33,5)6/h20,22-23,26-27,29H,7-19,21,24-25,28H2,1-6H3/b23-20-,27-26+,30-22+,31-29-. The Kier molecular flexibility index (Phi) is 18.1. The summed E-state index contributed by atoms with van der Waals surface area (Å²) in [7, 11) is 0. The minimum absolute atomic E-state index is 0.121. The SMILES string of the molecule is CCCCCCCCCCCCCCCC(=O)O\C=C(C)/C=C\C=C(C)\C=C\C1=C(C)CCCC1(C)C. The topological polar surface area (TPSA) is 26.3 Å². The van der Waals surface area contributed by atoms with E-state index in [0.717, 1.165) is 18.4 Å². The van der Waals surface area contributed by atoms with E-state index in [1.165, 1.54) is 107 Å². The fourth-order valence-electron chi connectivity index (χ4n) is 5.18. The number of ether oxygens (including phenoxy) is 1. The Labute approximate surface area is 230 Å². The molecule has 0 aromatic rings. The zero-order chi connectivity index (χ0) is 27.4. The van der Waals surface area contributed by atoms with E-state index in [-0.39, 0.29) is 11.4 Å². The van der Waals surface area contributed by atoms with Crippen molar-refractivity contribution in [3.8, 4) is 0 Å². The van der Waals surface area contributed by atoms with Crippen LogP contribution in [0.4, 0.5) is 0 Å². The number of rotatable bonds is 19. The monoisotopic (exact) mass is 510 g/mol. The van der Waals surface area contributed by atoms with Crippen LogP contribution in [0.3, 0.4) is 0 Å². The molecular weight excluding hydrogens is 452 g/mol. The van der Waals surface area contributed by atoms with Gasteiger partial charge in [-0.1, -0.05) is 139 Å². The summed E-state index contributed by atoms with van der Waals surface area (Å²) >= 11 is 0. The second-order valence-electron chi connectivity index (χ2n) is 11.9. The zero-order valence-electron chi connectivity index (χ0n) is 25.3. The molecule has 0 atom stereocenters. The lowest BCUT2D eigenvalue weighted by Gasteiger charge is -2.32. The molecule has 0 aliphatic heterocycles. The predicted octanol–water partition coefficient (Wildman–Crippen LogP) is 11.5. The van der Waals surface area contributed by atoms with Crippen LogP contribution in [0.5, 0.6) is 0 Å². The van der Waals surface area contributed by atoms with Crippen LogP contribution in [0, 0.1) is 5.41 Å². The normalized spacial score (nSPS) is 16.8. The first-order valence-electron chi connectivity index (χ1n) is 15.4. The third-order valence-electron chi connectivity index (χ3n) is 7.63. The van der Waals surface area contributed by atoms with E-state index in [0.29, 0.717) is 6.42 Å². The Hall–Kier alpha value is -1.83. The molecule has 0 N–H and O–H groups in total. The maximum absolute atomic E-state index is 12.0. The summed E-state index contributed by atoms with van der Waals surface area (Å²) in [5.41, 5.74) is 5.44. The molecule has 0 aromatic carbocycles. The van der Waals surface area contributed by atoms with Gasteiger partial charge in [-0.3, -0.25) is 4.79 Å². The van der Waals surface area contributed by atoms with Crippen LogP contribution >= 0.6 is 0 Å². The Morgan fingerprint density at radius 1 is 0.838 bits per heavy atom. The Bertz CT molecular complexity index is 788. The van der Waals surface area contributed by atoms with Gasteiger partial charge in [0.2, 0.25) is 0 Å². The van der Waals surface area contributed by atoms with Crippen molar-refractivity contribution in [2.45, 2.75) is 151 Å². The van der Waals surface area contributed by atoms with E-state index in [2.05, 4.69) is 52.8 Å². The van der Waals surface area contributed by atoms with Crippen molar-refractivity contribution in [3.05, 3.63) is 58.9 Å². The van der Waals surface area contributed by atoms with E-state index in [4.69, 9.17) is 4.74 Å². The van der Waals surface area contributed by atoms with Gasteiger partial charge in [0.25, 0.3) is 0 Å². The molecule has 0 radical (unpaired) electrons. The lowest BCUT2D eigenvalue weighted by atomic mass is 9.72. The van der Waals surface area contributed by atoms with E-state index >= 15 is 0 Å². The van der Waals surface area contributed by atoms with Gasteiger partial charge in [-0.15, -0.1) is 0 Å². The van der Waals surface area contributed by atoms with Crippen molar-refractivity contribution in [2.24, 2.45) is 5.41 Å². The number of carbonyl (C=O) groups is 1. The zero-order valence-corrected chi connectivity index (χ0v) is 25.3. The Morgan fingerprint density at radius 3 is 1.97 bits per heavy atom. The number of unbranched alkanes of at least 4 members (excludes halogenated alkanes) is 12. The smallest absolute Gasteiger partial charge is 0.310 e. The third kappa shape index (κ3) is 16.6. The Balaban J connectivity index is 2.17. The number of allylic oxidation sites excluding steroid dienone is 9. The van der Waals surface area contributed by atoms with Crippen LogP contribution in [0.15, 0.2) is 58.9 Å². The molecule has 0 bridgehead atoms. The van der Waals surface area contributed by atoms with Crippen molar-refractivity contribution < 1.29 is 9.53 Å². The molecule has 2 nitrogen and oxygen atoms in total. The molecule has 0 heterocycles. The van der Waals surface area contributed by atoms with Gasteiger partial charge in [-0.05, 0) is 63.0 Å². The quantitative estimate of drug-likeness (QED) is 0.0747. The highest BCUT2D eigenvalue weighted by atomic mass is 16.5. The molecular formula is C35H58O2. The largest absolute Gasteiger partial charge is 0.434 e. The maximum atomic E-state index is 12.0. The molecule has 0 unspecified atom stereocenters. The summed E-state index contributed by atoms with van der Waals surface area (Å²) in [5, 5.41) is 0. The molecule has 0 fully saturated rings. The van der Waals surface area contributed by atoms with Crippen LogP contribution in [-0.2, 0) is 9.53 Å². The molecule has 1 aliphatic rings. The van der Waals surface area contributed by atoms with Gasteiger partial charge in [0, 0.05) is 6.42 Å². The predicted molar refractivity (Wildman–Crippen MR) is 163 cm³/mol. The van der Waals surface area contributed by atoms with Gasteiger partial charge in [-0.2, -0.15) is 0 Å². The van der Waals surface area contributed by atoms with Gasteiger partial charge in [0.05, 0.1) is 6.26 Å². The van der Waals surface area contributed by atoms with Gasteiger partial charge >= 0.3 is 5.97 Å². The molecule has 1 rings (SSSR count). The first-order chi connectivity index (χ1) is 17.8. The van der Waals surface area contributed by atoms with E-state index < -0.39 is 0 Å². The average molecular weight is 511 g/mol. The molecule has 0 saturated heterocycles. The number of carbonyl (C=O) groups excluding carboxylic acids is 1. The van der Waals surface area contributed by atoms with Gasteiger partial charge < -0.3 is 4.74 Å². The molecule has 0 aromatic heterocycles. The second-order valence-corrected chi connectivity index (χ2v) is 11.9. The summed E-state index contributed by atoms with van der Waals surface area (Å²) in [6.07, 6.45) is 33.6. The highest BCUT2D eigenvalue weighted by Gasteiger charge is 2.26. The van der Waals surface area contributed by atoms with E-state index in [1.807, 2.05) is 19.1 Å². The summed E-state index contributed by atoms with van der Waals surface area (Å²) in [6.45, 7) is 13.3. The van der Waals surface area contributed by atoms with Crippen LogP contribution in [0.2, 0.25) is 0 Å². The van der Waals surface area contributed by atoms with Crippen molar-refractivity contribution >= 4 is 5.97 Å². The van der Waals surface area contributed by atoms with Crippen molar-refractivity contribution in [2.75, 3.05) is 0 Å². The lowest BCUT2D eigenvalue weighted by Crippen LogP contribution is -2.19. The van der Waals surface area contributed by atoms with Crippen LogP contribution in [0.1, 0.15) is 151 Å². The van der Waals surface area contributed by atoms with Crippen molar-refractivity contribution in [3.63, 3.8) is 0 Å². The molecule has 0 saturated carbocycles. The summed E-state index contributed by atoms with van der Waals surface area (Å²) in [6, 6.07) is 0. The highest BCUT2D eigenvalue weighted by Crippen LogP contribution is 2.40. The van der Waals surface area contributed by atoms with Gasteiger partial charge in [-0.25, -0.2) is 0 Å². The summed E-state index contributed by atoms with van der Waals surface area (Å²) < 4.78 is 5.34. The fraction of sp³-hybridized carbons (Fsp3) is 0.686. The van der Waals surface area contributed by atoms with Gasteiger partial charge in [0.1, 0.15) is 0 Å². The number of esters is 1. The first-order valence-corrected chi connectivity index (χ1v) is 15.4. The average Bonchev–Trinajstić information content (AvgIpc) is 2.85. The van der Waals surface area contributed by atoms with Crippen LogP contribution in [-0.4, -0.2) is 5.97 Å². The molecule has 37 heavy (non-hydrogen) atoms. The second kappa shape index (κ2) is 20.2. The summed E-state index contributed by atoms with van der Waals surface area (Å²) in [5.74, 6) is -0.121. The summed E-state index contributed by atoms with van der Waals surface area (Å²) in [4.78, 5) is 12.0. The first kappa shape index (κ1) is 33.2. The minimum atomic E-state index is -0.121. The molecule has 1 aliphatic carbocycles. The minimum Gasteiger partial charge on any atom is -0.434 e. The van der Waals surface area contributed by atoms with Crippen molar-refractivity contribution in [1.82, 2.24) is 0 Å². The maximum Gasteiger partial charge on any atom is 0.310 e. The van der Waals surface area contributed by atoms with E-state index in [1.54, 1.807) is 6.26 Å². The molecule has 2 heteroatoms. The van der Waals surface area contributed by atoms with E-state index in [9.17, 15) is 4.79 Å². The highest BCUT2D eigenvalue weighted by molar-refractivity contribution is 5.70. The van der Waals surface area contributed by atoms with Crippen molar-refractivity contribution in [1.29, 1.82) is 0 Å². The van der Waals surface area contributed by atoms with Gasteiger partial charge in [0.15, 0.2) is 0 Å². The number of hydrogen-bond acceptors (Lipinski definition) is 2. The van der Waals surface area contributed by atoms with Crippen LogP contribution in [0.25, 0.3) is 0 Å². The molecule has 0 amide bonds. The molecule has 210 valence electrons. The number of hydrogen-bond donors (Lipinski definition) is 0. The lowest BCUT2D eigenvalue weighted by molar-refractivity contribution is -0.138.